The number of hydrogen-bond acceptors (Lipinski definition) is 6. The van der Waals surface area contributed by atoms with Gasteiger partial charge in [-0.2, -0.15) is 0 Å². The number of alkyl halides is 3. The molecule has 2 heterocycles. The number of aryl methyl sites for hydroxylation is 1. The number of rotatable bonds is 10. The van der Waals surface area contributed by atoms with Crippen molar-refractivity contribution in [1.29, 1.82) is 0 Å². The molecule has 0 unspecified atom stereocenters. The predicted molar refractivity (Wildman–Crippen MR) is 136 cm³/mol. The molecule has 1 aromatic carbocycles. The highest BCUT2D eigenvalue weighted by Crippen LogP contribution is 2.38. The number of aromatic nitrogens is 3. The first-order valence-electron chi connectivity index (χ1n) is 12.9. The summed E-state index contributed by atoms with van der Waals surface area (Å²) >= 11 is 0. The molecular formula is C27H30F3N5O4. The number of nitrogens with zero attached hydrogens (tertiary/aromatic N) is 2. The molecule has 5 rings (SSSR count). The van der Waals surface area contributed by atoms with Crippen LogP contribution in [0.25, 0.3) is 22.3 Å². The third-order valence-corrected chi connectivity index (χ3v) is 7.12. The van der Waals surface area contributed by atoms with Crippen molar-refractivity contribution in [2.24, 2.45) is 5.92 Å². The van der Waals surface area contributed by atoms with Crippen LogP contribution in [0.5, 0.6) is 5.75 Å². The van der Waals surface area contributed by atoms with E-state index >= 15 is 0 Å². The lowest BCUT2D eigenvalue weighted by Crippen LogP contribution is -2.41. The summed E-state index contributed by atoms with van der Waals surface area (Å²) < 4.78 is 52.4. The van der Waals surface area contributed by atoms with Gasteiger partial charge in [-0.1, -0.05) is 0 Å². The summed E-state index contributed by atoms with van der Waals surface area (Å²) in [5, 5.41) is 5.44. The van der Waals surface area contributed by atoms with Gasteiger partial charge in [-0.05, 0) is 50.3 Å². The summed E-state index contributed by atoms with van der Waals surface area (Å²) in [5.41, 5.74) is 2.00. The highest BCUT2D eigenvalue weighted by atomic mass is 19.3. The van der Waals surface area contributed by atoms with E-state index in [9.17, 15) is 22.8 Å². The number of ether oxygens (including phenoxy) is 2. The minimum Gasteiger partial charge on any atom is -0.493 e. The third kappa shape index (κ3) is 5.85. The third-order valence-electron chi connectivity index (χ3n) is 7.12. The van der Waals surface area contributed by atoms with Gasteiger partial charge in [-0.15, -0.1) is 0 Å². The van der Waals surface area contributed by atoms with Crippen LogP contribution in [0.15, 0.2) is 24.5 Å². The molecule has 39 heavy (non-hydrogen) atoms. The topological polar surface area (TPSA) is 118 Å². The molecule has 0 radical (unpaired) electrons. The molecule has 208 valence electrons. The Morgan fingerprint density at radius 1 is 1.18 bits per heavy atom. The number of aromatic amines is 1. The van der Waals surface area contributed by atoms with E-state index in [1.54, 1.807) is 6.92 Å². The first-order chi connectivity index (χ1) is 18.7. The van der Waals surface area contributed by atoms with Crippen molar-refractivity contribution in [1.82, 2.24) is 25.6 Å². The first kappa shape index (κ1) is 26.9. The standard InChI is InChI=1S/C27H30F3N5O4/c1-13-22(27(37)34-16-8-18(28)19(9-16)35-21(36)11-38-2)24-25(33-13)23(31-12-32-24)17-7-15(26(29)30)5-6-20(17)39-10-14-3-4-14/h5-7,12,14,16,18-19,26,33H,3-4,8-11H2,1-2H3,(H,34,37)(H,35,36)/t16-,18+,19+/m1/s1. The van der Waals surface area contributed by atoms with Crippen molar-refractivity contribution in [3.8, 4) is 17.0 Å². The van der Waals surface area contributed by atoms with Gasteiger partial charge in [0.2, 0.25) is 5.91 Å². The Morgan fingerprint density at radius 3 is 2.69 bits per heavy atom. The molecule has 9 nitrogen and oxygen atoms in total. The van der Waals surface area contributed by atoms with E-state index in [2.05, 4.69) is 25.6 Å². The molecule has 3 N–H and O–H groups in total. The number of amides is 2. The van der Waals surface area contributed by atoms with E-state index < -0.39 is 36.5 Å². The molecule has 2 saturated carbocycles. The van der Waals surface area contributed by atoms with Crippen LogP contribution in [-0.2, 0) is 9.53 Å². The molecule has 2 aromatic heterocycles. The van der Waals surface area contributed by atoms with Gasteiger partial charge >= 0.3 is 0 Å². The zero-order valence-corrected chi connectivity index (χ0v) is 21.6. The van der Waals surface area contributed by atoms with Gasteiger partial charge in [0.1, 0.15) is 36.1 Å². The van der Waals surface area contributed by atoms with Gasteiger partial charge in [0.15, 0.2) is 0 Å². The fraction of sp³-hybridized carbons (Fsp3) is 0.481. The van der Waals surface area contributed by atoms with Crippen LogP contribution >= 0.6 is 0 Å². The van der Waals surface area contributed by atoms with Gasteiger partial charge in [0.25, 0.3) is 12.3 Å². The number of hydrogen-bond donors (Lipinski definition) is 3. The zero-order valence-electron chi connectivity index (χ0n) is 21.6. The summed E-state index contributed by atoms with van der Waals surface area (Å²) in [6.45, 7) is 2.00. The van der Waals surface area contributed by atoms with Crippen molar-refractivity contribution >= 4 is 22.8 Å². The Morgan fingerprint density at radius 2 is 1.97 bits per heavy atom. The Labute approximate surface area is 222 Å². The van der Waals surface area contributed by atoms with Crippen molar-refractivity contribution in [2.45, 2.75) is 57.3 Å². The molecule has 2 amide bonds. The Balaban J connectivity index is 1.42. The monoisotopic (exact) mass is 545 g/mol. The van der Waals surface area contributed by atoms with E-state index in [1.807, 2.05) is 0 Å². The summed E-state index contributed by atoms with van der Waals surface area (Å²) in [6, 6.07) is 2.97. The molecule has 3 aromatic rings. The van der Waals surface area contributed by atoms with Gasteiger partial charge in [-0.25, -0.2) is 23.1 Å². The van der Waals surface area contributed by atoms with Crippen LogP contribution in [0.4, 0.5) is 13.2 Å². The molecule has 12 heteroatoms. The Bertz CT molecular complexity index is 1380. The van der Waals surface area contributed by atoms with Crippen molar-refractivity contribution in [3.05, 3.63) is 41.3 Å². The predicted octanol–water partition coefficient (Wildman–Crippen LogP) is 4.02. The lowest BCUT2D eigenvalue weighted by molar-refractivity contribution is -0.125. The van der Waals surface area contributed by atoms with Crippen LogP contribution in [0.3, 0.4) is 0 Å². The largest absolute Gasteiger partial charge is 0.493 e. The molecule has 2 aliphatic rings. The summed E-state index contributed by atoms with van der Waals surface area (Å²) in [6.07, 6.45) is -0.304. The van der Waals surface area contributed by atoms with Gasteiger partial charge in [0.05, 0.1) is 23.7 Å². The quantitative estimate of drug-likeness (QED) is 0.354. The number of carbonyl (C=O) groups excluding carboxylic acids is 2. The Kier molecular flexibility index (Phi) is 7.74. The molecule has 3 atom stereocenters. The van der Waals surface area contributed by atoms with Crippen LogP contribution in [0, 0.1) is 12.8 Å². The first-order valence-corrected chi connectivity index (χ1v) is 12.9. The maximum atomic E-state index is 14.5. The number of halogens is 3. The average Bonchev–Trinajstić information content (AvgIpc) is 3.57. The number of benzene rings is 1. The average molecular weight is 546 g/mol. The molecule has 0 aliphatic heterocycles. The zero-order chi connectivity index (χ0) is 27.7. The number of H-pyrrole nitrogens is 1. The fourth-order valence-electron chi connectivity index (χ4n) is 4.98. The Hall–Kier alpha value is -3.67. The SMILES string of the molecule is COCC(=O)N[C@H]1C[C@H](NC(=O)c2c(C)[nH]c3c(-c4cc(C(F)F)ccc4OCC4CC4)ncnc23)C[C@@H]1F. The van der Waals surface area contributed by atoms with Gasteiger partial charge in [0, 0.05) is 36.4 Å². The molecule has 0 spiro atoms. The van der Waals surface area contributed by atoms with Crippen LogP contribution in [0.2, 0.25) is 0 Å². The molecule has 0 bridgehead atoms. The molecular weight excluding hydrogens is 515 g/mol. The maximum absolute atomic E-state index is 14.5. The minimum atomic E-state index is -2.68. The molecule has 2 aliphatic carbocycles. The van der Waals surface area contributed by atoms with Crippen molar-refractivity contribution < 1.29 is 32.2 Å². The number of nitrogens with one attached hydrogen (secondary N) is 3. The lowest BCUT2D eigenvalue weighted by atomic mass is 10.0. The second-order valence-electron chi connectivity index (χ2n) is 10.1. The van der Waals surface area contributed by atoms with E-state index in [0.29, 0.717) is 46.3 Å². The van der Waals surface area contributed by atoms with Crippen molar-refractivity contribution in [3.63, 3.8) is 0 Å². The second kappa shape index (κ2) is 11.2. The van der Waals surface area contributed by atoms with E-state index in [4.69, 9.17) is 9.47 Å². The summed E-state index contributed by atoms with van der Waals surface area (Å²) in [4.78, 5) is 36.9. The molecule has 2 fully saturated rings. The number of fused-ring (bicyclic) bond motifs is 1. The van der Waals surface area contributed by atoms with Gasteiger partial charge < -0.3 is 25.1 Å². The molecule has 0 saturated heterocycles. The van der Waals surface area contributed by atoms with Crippen LogP contribution < -0.4 is 15.4 Å². The number of carbonyl (C=O) groups is 2. The van der Waals surface area contributed by atoms with Crippen LogP contribution in [0.1, 0.15) is 53.7 Å². The van der Waals surface area contributed by atoms with Gasteiger partial charge in [-0.3, -0.25) is 9.59 Å². The smallest absolute Gasteiger partial charge is 0.263 e. The lowest BCUT2D eigenvalue weighted by Gasteiger charge is -2.15. The summed E-state index contributed by atoms with van der Waals surface area (Å²) in [5.74, 6) is -0.0132. The highest BCUT2D eigenvalue weighted by Gasteiger charge is 2.37. The highest BCUT2D eigenvalue weighted by molar-refractivity contribution is 6.09. The van der Waals surface area contributed by atoms with E-state index in [0.717, 1.165) is 12.8 Å². The normalized spacial score (nSPS) is 20.9. The van der Waals surface area contributed by atoms with Crippen LogP contribution in [-0.4, -0.2) is 65.3 Å². The van der Waals surface area contributed by atoms with Crippen molar-refractivity contribution in [2.75, 3.05) is 20.3 Å². The van der Waals surface area contributed by atoms with E-state index in [-0.39, 0.29) is 30.6 Å². The fourth-order valence-corrected chi connectivity index (χ4v) is 4.98. The maximum Gasteiger partial charge on any atom is 0.263 e. The second-order valence-corrected chi connectivity index (χ2v) is 10.1. The minimum absolute atomic E-state index is 0.0490. The number of methoxy groups -OCH3 is 1. The van der Waals surface area contributed by atoms with E-state index in [1.165, 1.54) is 31.6 Å². The summed E-state index contributed by atoms with van der Waals surface area (Å²) in [7, 11) is 1.38.